The van der Waals surface area contributed by atoms with Crippen LogP contribution in [0, 0.1) is 5.82 Å². The molecule has 152 valence electrons. The van der Waals surface area contributed by atoms with Crippen LogP contribution in [0.2, 0.25) is 5.02 Å². The summed E-state index contributed by atoms with van der Waals surface area (Å²) in [7, 11) is 0. The number of imidazole rings is 1. The molecule has 4 aromatic rings. The van der Waals surface area contributed by atoms with E-state index in [0.717, 1.165) is 15.5 Å². The standard InChI is InChI=1S/C23H18BrClFN3O/c1-14(27-23(30)15-6-4-7-16(24)12-15)22-28-20-10-2-3-11-21(20)29(22)13-17-18(25)8-5-9-19(17)26/h2-12,14H,13H2,1H3,(H,27,30). The fourth-order valence-corrected chi connectivity index (χ4v) is 4.03. The topological polar surface area (TPSA) is 46.9 Å². The number of aromatic nitrogens is 2. The fourth-order valence-electron chi connectivity index (χ4n) is 3.41. The predicted octanol–water partition coefficient (Wildman–Crippen LogP) is 6.13. The summed E-state index contributed by atoms with van der Waals surface area (Å²) in [4.78, 5) is 17.4. The zero-order chi connectivity index (χ0) is 21.3. The van der Waals surface area contributed by atoms with E-state index in [4.69, 9.17) is 16.6 Å². The van der Waals surface area contributed by atoms with Crippen LogP contribution < -0.4 is 5.32 Å². The van der Waals surface area contributed by atoms with Crippen LogP contribution in [0.15, 0.2) is 71.2 Å². The molecule has 7 heteroatoms. The van der Waals surface area contributed by atoms with Gasteiger partial charge in [-0.25, -0.2) is 9.37 Å². The molecular weight excluding hydrogens is 469 g/mol. The molecule has 0 radical (unpaired) electrons. The SMILES string of the molecule is CC(NC(=O)c1cccc(Br)c1)c1nc2ccccc2n1Cc1c(F)cccc1Cl. The smallest absolute Gasteiger partial charge is 0.251 e. The van der Waals surface area contributed by atoms with Crippen LogP contribution in [-0.2, 0) is 6.54 Å². The van der Waals surface area contributed by atoms with E-state index in [1.165, 1.54) is 6.07 Å². The largest absolute Gasteiger partial charge is 0.342 e. The van der Waals surface area contributed by atoms with E-state index in [1.807, 2.05) is 41.8 Å². The van der Waals surface area contributed by atoms with Crippen LogP contribution in [0.5, 0.6) is 0 Å². The number of fused-ring (bicyclic) bond motifs is 1. The van der Waals surface area contributed by atoms with Crippen LogP contribution in [0.3, 0.4) is 0 Å². The van der Waals surface area contributed by atoms with Crippen molar-refractivity contribution in [3.05, 3.63) is 99.0 Å². The molecule has 0 aliphatic heterocycles. The van der Waals surface area contributed by atoms with Crippen LogP contribution in [0.4, 0.5) is 4.39 Å². The number of hydrogen-bond donors (Lipinski definition) is 1. The van der Waals surface area contributed by atoms with Gasteiger partial charge in [0.2, 0.25) is 0 Å². The average molecular weight is 487 g/mol. The molecule has 0 fully saturated rings. The maximum absolute atomic E-state index is 14.5. The third kappa shape index (κ3) is 4.11. The number of amides is 1. The average Bonchev–Trinajstić information content (AvgIpc) is 3.09. The van der Waals surface area contributed by atoms with E-state index >= 15 is 0 Å². The second-order valence-electron chi connectivity index (χ2n) is 6.95. The van der Waals surface area contributed by atoms with E-state index in [1.54, 1.807) is 30.3 Å². The number of benzene rings is 3. The Morgan fingerprint density at radius 3 is 2.70 bits per heavy atom. The van der Waals surface area contributed by atoms with Gasteiger partial charge in [0.15, 0.2) is 0 Å². The van der Waals surface area contributed by atoms with Crippen LogP contribution in [0.1, 0.15) is 34.7 Å². The van der Waals surface area contributed by atoms with Crippen molar-refractivity contribution in [2.45, 2.75) is 19.5 Å². The summed E-state index contributed by atoms with van der Waals surface area (Å²) in [6, 6.07) is 19.0. The molecule has 1 amide bonds. The van der Waals surface area contributed by atoms with Crippen LogP contribution in [0.25, 0.3) is 11.0 Å². The number of nitrogens with zero attached hydrogens (tertiary/aromatic N) is 2. The van der Waals surface area contributed by atoms with Crippen molar-refractivity contribution in [1.29, 1.82) is 0 Å². The molecule has 4 rings (SSSR count). The van der Waals surface area contributed by atoms with Gasteiger partial charge in [-0.15, -0.1) is 0 Å². The Hall–Kier alpha value is -2.70. The molecule has 3 aromatic carbocycles. The third-order valence-corrected chi connectivity index (χ3v) is 5.73. The Morgan fingerprint density at radius 2 is 1.93 bits per heavy atom. The summed E-state index contributed by atoms with van der Waals surface area (Å²) in [5.74, 6) is 0.0299. The molecule has 0 aliphatic rings. The first-order chi connectivity index (χ1) is 14.4. The molecule has 30 heavy (non-hydrogen) atoms. The number of para-hydroxylation sites is 2. The van der Waals surface area contributed by atoms with Gasteiger partial charge in [0.05, 0.1) is 23.6 Å². The van der Waals surface area contributed by atoms with Gasteiger partial charge in [-0.1, -0.05) is 51.8 Å². The first-order valence-electron chi connectivity index (χ1n) is 9.38. The Bertz CT molecular complexity index is 1220. The zero-order valence-corrected chi connectivity index (χ0v) is 18.4. The van der Waals surface area contributed by atoms with Gasteiger partial charge in [0.1, 0.15) is 11.6 Å². The van der Waals surface area contributed by atoms with E-state index in [9.17, 15) is 9.18 Å². The van der Waals surface area contributed by atoms with E-state index in [-0.39, 0.29) is 18.3 Å². The highest BCUT2D eigenvalue weighted by atomic mass is 79.9. The lowest BCUT2D eigenvalue weighted by atomic mass is 10.2. The highest BCUT2D eigenvalue weighted by molar-refractivity contribution is 9.10. The highest BCUT2D eigenvalue weighted by Gasteiger charge is 2.21. The second-order valence-corrected chi connectivity index (χ2v) is 8.27. The van der Waals surface area contributed by atoms with Gasteiger partial charge in [0.25, 0.3) is 5.91 Å². The molecule has 0 saturated carbocycles. The van der Waals surface area contributed by atoms with E-state index < -0.39 is 6.04 Å². The maximum Gasteiger partial charge on any atom is 0.251 e. The van der Waals surface area contributed by atoms with Crippen molar-refractivity contribution in [3.63, 3.8) is 0 Å². The van der Waals surface area contributed by atoms with E-state index in [2.05, 4.69) is 21.2 Å². The molecule has 1 atom stereocenters. The zero-order valence-electron chi connectivity index (χ0n) is 16.1. The van der Waals surface area contributed by atoms with Gasteiger partial charge in [-0.05, 0) is 49.4 Å². The van der Waals surface area contributed by atoms with Gasteiger partial charge in [-0.3, -0.25) is 4.79 Å². The number of carbonyl (C=O) groups excluding carboxylic acids is 1. The lowest BCUT2D eigenvalue weighted by Crippen LogP contribution is -2.29. The monoisotopic (exact) mass is 485 g/mol. The van der Waals surface area contributed by atoms with Crippen molar-refractivity contribution < 1.29 is 9.18 Å². The van der Waals surface area contributed by atoms with Crippen molar-refractivity contribution in [3.8, 4) is 0 Å². The molecule has 0 aliphatic carbocycles. The Kier molecular flexibility index (Phi) is 5.88. The second kappa shape index (κ2) is 8.58. The molecule has 1 N–H and O–H groups in total. The van der Waals surface area contributed by atoms with Gasteiger partial charge in [0, 0.05) is 20.6 Å². The molecule has 1 unspecified atom stereocenters. The van der Waals surface area contributed by atoms with Crippen molar-refractivity contribution in [2.24, 2.45) is 0 Å². The summed E-state index contributed by atoms with van der Waals surface area (Å²) in [5.41, 5.74) is 2.53. The first kappa shape index (κ1) is 20.6. The molecular formula is C23H18BrClFN3O. The fraction of sp³-hybridized carbons (Fsp3) is 0.130. The summed E-state index contributed by atoms with van der Waals surface area (Å²) in [5, 5.41) is 3.34. The Morgan fingerprint density at radius 1 is 1.17 bits per heavy atom. The summed E-state index contributed by atoms with van der Waals surface area (Å²) in [6.07, 6.45) is 0. The number of nitrogens with one attached hydrogen (secondary N) is 1. The molecule has 0 spiro atoms. The lowest BCUT2D eigenvalue weighted by molar-refractivity contribution is 0.0937. The molecule has 1 aromatic heterocycles. The van der Waals surface area contributed by atoms with Gasteiger partial charge in [-0.2, -0.15) is 0 Å². The number of hydrogen-bond acceptors (Lipinski definition) is 2. The van der Waals surface area contributed by atoms with Gasteiger partial charge < -0.3 is 9.88 Å². The highest BCUT2D eigenvalue weighted by Crippen LogP contribution is 2.26. The predicted molar refractivity (Wildman–Crippen MR) is 120 cm³/mol. The summed E-state index contributed by atoms with van der Waals surface area (Å²) < 4.78 is 17.2. The molecule has 0 saturated heterocycles. The summed E-state index contributed by atoms with van der Waals surface area (Å²) >= 11 is 9.64. The molecule has 4 nitrogen and oxygen atoms in total. The van der Waals surface area contributed by atoms with Crippen LogP contribution in [-0.4, -0.2) is 15.5 Å². The van der Waals surface area contributed by atoms with Crippen molar-refractivity contribution in [2.75, 3.05) is 0 Å². The van der Waals surface area contributed by atoms with Crippen molar-refractivity contribution >= 4 is 44.5 Å². The maximum atomic E-state index is 14.5. The number of halogens is 3. The summed E-state index contributed by atoms with van der Waals surface area (Å²) in [6.45, 7) is 2.06. The van der Waals surface area contributed by atoms with Crippen molar-refractivity contribution in [1.82, 2.24) is 14.9 Å². The quantitative estimate of drug-likeness (QED) is 0.369. The molecule has 1 heterocycles. The van der Waals surface area contributed by atoms with Crippen LogP contribution >= 0.6 is 27.5 Å². The normalized spacial score (nSPS) is 12.1. The third-order valence-electron chi connectivity index (χ3n) is 4.88. The Balaban J connectivity index is 1.71. The minimum Gasteiger partial charge on any atom is -0.342 e. The first-order valence-corrected chi connectivity index (χ1v) is 10.6. The number of rotatable bonds is 5. The Labute approximate surface area is 186 Å². The van der Waals surface area contributed by atoms with E-state index in [0.29, 0.717) is 22.0 Å². The lowest BCUT2D eigenvalue weighted by Gasteiger charge is -2.17. The van der Waals surface area contributed by atoms with Gasteiger partial charge >= 0.3 is 0 Å². The minimum atomic E-state index is -0.408. The number of carbonyl (C=O) groups is 1. The molecule has 0 bridgehead atoms. The minimum absolute atomic E-state index is 0.207.